The lowest BCUT2D eigenvalue weighted by Crippen LogP contribution is -2.45. The molecule has 0 radical (unpaired) electrons. The van der Waals surface area contributed by atoms with Crippen molar-refractivity contribution in [2.45, 2.75) is 25.3 Å². The summed E-state index contributed by atoms with van der Waals surface area (Å²) in [5.41, 5.74) is 5.85. The van der Waals surface area contributed by atoms with E-state index in [0.717, 1.165) is 31.0 Å². The molecule has 96 valence electrons. The van der Waals surface area contributed by atoms with Gasteiger partial charge in [-0.15, -0.1) is 0 Å². The Balaban J connectivity index is 1.83. The van der Waals surface area contributed by atoms with E-state index in [0.29, 0.717) is 18.9 Å². The number of hydrogen-bond donors (Lipinski definition) is 1. The van der Waals surface area contributed by atoms with Crippen molar-refractivity contribution in [3.8, 4) is 0 Å². The molecule has 2 saturated heterocycles. The number of carbonyl (C=O) groups excluding carboxylic acids is 2. The van der Waals surface area contributed by atoms with Crippen molar-refractivity contribution < 1.29 is 19.1 Å². The Morgan fingerprint density at radius 3 is 2.71 bits per heavy atom. The molecule has 2 N–H and O–H groups in total. The van der Waals surface area contributed by atoms with Gasteiger partial charge in [-0.05, 0) is 25.2 Å². The molecule has 0 aromatic rings. The fourth-order valence-electron chi connectivity index (χ4n) is 2.24. The average Bonchev–Trinajstić information content (AvgIpc) is 2.76. The van der Waals surface area contributed by atoms with E-state index in [2.05, 4.69) is 0 Å². The molecule has 6 heteroatoms. The molecule has 0 aliphatic carbocycles. The predicted octanol–water partition coefficient (Wildman–Crippen LogP) is 0.109. The van der Waals surface area contributed by atoms with Gasteiger partial charge >= 0.3 is 6.09 Å². The Labute approximate surface area is 100 Å². The van der Waals surface area contributed by atoms with Gasteiger partial charge in [-0.2, -0.15) is 0 Å². The van der Waals surface area contributed by atoms with Crippen molar-refractivity contribution in [2.24, 2.45) is 11.7 Å². The van der Waals surface area contributed by atoms with E-state index >= 15 is 0 Å². The number of rotatable bonds is 3. The summed E-state index contributed by atoms with van der Waals surface area (Å²) >= 11 is 0. The Kier molecular flexibility index (Phi) is 3.96. The van der Waals surface area contributed by atoms with Gasteiger partial charge in [0.05, 0.1) is 12.6 Å². The molecular weight excluding hydrogens is 224 g/mol. The van der Waals surface area contributed by atoms with E-state index in [9.17, 15) is 9.59 Å². The number of cyclic esters (lactones) is 1. The second kappa shape index (κ2) is 5.46. The molecule has 0 bridgehead atoms. The van der Waals surface area contributed by atoms with Gasteiger partial charge in [0, 0.05) is 13.2 Å². The maximum absolute atomic E-state index is 11.9. The molecule has 1 atom stereocenters. The summed E-state index contributed by atoms with van der Waals surface area (Å²) in [4.78, 5) is 24.2. The van der Waals surface area contributed by atoms with Crippen LogP contribution in [0.1, 0.15) is 19.3 Å². The Morgan fingerprint density at radius 1 is 1.41 bits per heavy atom. The van der Waals surface area contributed by atoms with Crippen LogP contribution in [-0.4, -0.2) is 49.3 Å². The molecule has 17 heavy (non-hydrogen) atoms. The van der Waals surface area contributed by atoms with E-state index in [-0.39, 0.29) is 12.5 Å². The van der Waals surface area contributed by atoms with Crippen LogP contribution in [0, 0.1) is 5.92 Å². The topological polar surface area (TPSA) is 81.9 Å². The maximum atomic E-state index is 11.9. The molecule has 0 aromatic carbocycles. The Hall–Kier alpha value is -1.14. The first kappa shape index (κ1) is 12.3. The van der Waals surface area contributed by atoms with Crippen LogP contribution in [0.15, 0.2) is 0 Å². The van der Waals surface area contributed by atoms with Crippen LogP contribution in [0.2, 0.25) is 0 Å². The van der Waals surface area contributed by atoms with Crippen LogP contribution < -0.4 is 5.73 Å². The van der Waals surface area contributed by atoms with Gasteiger partial charge in [-0.25, -0.2) is 9.69 Å². The SMILES string of the molecule is NC(CC1CCOCC1)C(=O)N1CCOC1=O. The molecule has 2 aliphatic rings. The number of carbonyl (C=O) groups is 2. The highest BCUT2D eigenvalue weighted by Gasteiger charge is 2.33. The summed E-state index contributed by atoms with van der Waals surface area (Å²) in [5, 5.41) is 0. The summed E-state index contributed by atoms with van der Waals surface area (Å²) < 4.78 is 9.97. The lowest BCUT2D eigenvalue weighted by Gasteiger charge is -2.25. The van der Waals surface area contributed by atoms with Gasteiger partial charge in [0.15, 0.2) is 0 Å². The normalized spacial score (nSPS) is 23.6. The number of ether oxygens (including phenoxy) is 2. The maximum Gasteiger partial charge on any atom is 0.416 e. The van der Waals surface area contributed by atoms with Crippen molar-refractivity contribution in [3.63, 3.8) is 0 Å². The second-order valence-corrected chi connectivity index (χ2v) is 4.50. The lowest BCUT2D eigenvalue weighted by molar-refractivity contribution is -0.129. The van der Waals surface area contributed by atoms with Crippen molar-refractivity contribution in [2.75, 3.05) is 26.4 Å². The first-order valence-electron chi connectivity index (χ1n) is 6.00. The quantitative estimate of drug-likeness (QED) is 0.759. The molecule has 2 heterocycles. The zero-order valence-electron chi connectivity index (χ0n) is 9.76. The number of hydrogen-bond acceptors (Lipinski definition) is 5. The molecule has 2 amide bonds. The van der Waals surface area contributed by atoms with Crippen molar-refractivity contribution in [1.29, 1.82) is 0 Å². The summed E-state index contributed by atoms with van der Waals surface area (Å²) in [5.74, 6) is 0.0975. The van der Waals surface area contributed by atoms with E-state index in [1.54, 1.807) is 0 Å². The fraction of sp³-hybridized carbons (Fsp3) is 0.818. The van der Waals surface area contributed by atoms with Crippen LogP contribution in [0.25, 0.3) is 0 Å². The molecule has 2 fully saturated rings. The third-order valence-electron chi connectivity index (χ3n) is 3.27. The van der Waals surface area contributed by atoms with Crippen LogP contribution in [0.3, 0.4) is 0 Å². The molecule has 0 saturated carbocycles. The van der Waals surface area contributed by atoms with Crippen molar-refractivity contribution in [3.05, 3.63) is 0 Å². The largest absolute Gasteiger partial charge is 0.447 e. The number of amides is 2. The zero-order valence-corrected chi connectivity index (χ0v) is 9.76. The summed E-state index contributed by atoms with van der Waals surface area (Å²) in [6.07, 6.45) is 1.92. The number of imide groups is 1. The highest BCUT2D eigenvalue weighted by molar-refractivity contribution is 5.95. The molecule has 2 rings (SSSR count). The minimum absolute atomic E-state index is 0.272. The highest BCUT2D eigenvalue weighted by atomic mass is 16.6. The monoisotopic (exact) mass is 242 g/mol. The summed E-state index contributed by atoms with van der Waals surface area (Å²) in [6, 6.07) is -0.608. The molecule has 1 unspecified atom stereocenters. The Morgan fingerprint density at radius 2 is 2.12 bits per heavy atom. The average molecular weight is 242 g/mol. The van der Waals surface area contributed by atoms with Crippen LogP contribution in [0.5, 0.6) is 0 Å². The van der Waals surface area contributed by atoms with Gasteiger partial charge in [0.1, 0.15) is 6.61 Å². The smallest absolute Gasteiger partial charge is 0.416 e. The van der Waals surface area contributed by atoms with Crippen molar-refractivity contribution in [1.82, 2.24) is 4.90 Å². The standard InChI is InChI=1S/C11H18N2O4/c12-9(7-8-1-4-16-5-2-8)10(14)13-3-6-17-11(13)15/h8-9H,1-7,12H2. The summed E-state index contributed by atoms with van der Waals surface area (Å²) in [6.45, 7) is 2.06. The molecule has 0 spiro atoms. The van der Waals surface area contributed by atoms with Gasteiger partial charge < -0.3 is 15.2 Å². The van der Waals surface area contributed by atoms with Gasteiger partial charge in [-0.3, -0.25) is 4.79 Å². The first-order valence-corrected chi connectivity index (χ1v) is 6.00. The minimum atomic E-state index is -0.608. The fourth-order valence-corrected chi connectivity index (χ4v) is 2.24. The Bertz CT molecular complexity index is 302. The van der Waals surface area contributed by atoms with Gasteiger partial charge in [0.25, 0.3) is 0 Å². The number of nitrogens with zero attached hydrogens (tertiary/aromatic N) is 1. The van der Waals surface area contributed by atoms with Crippen molar-refractivity contribution >= 4 is 12.0 Å². The van der Waals surface area contributed by atoms with E-state index < -0.39 is 12.1 Å². The van der Waals surface area contributed by atoms with E-state index in [4.69, 9.17) is 15.2 Å². The molecule has 6 nitrogen and oxygen atoms in total. The summed E-state index contributed by atoms with van der Waals surface area (Å²) in [7, 11) is 0. The van der Waals surface area contributed by atoms with E-state index in [1.807, 2.05) is 0 Å². The van der Waals surface area contributed by atoms with Crippen LogP contribution in [-0.2, 0) is 14.3 Å². The third kappa shape index (κ3) is 2.95. The van der Waals surface area contributed by atoms with Crippen LogP contribution in [0.4, 0.5) is 4.79 Å². The zero-order chi connectivity index (χ0) is 12.3. The minimum Gasteiger partial charge on any atom is -0.447 e. The van der Waals surface area contributed by atoms with E-state index in [1.165, 1.54) is 0 Å². The van der Waals surface area contributed by atoms with Gasteiger partial charge in [-0.1, -0.05) is 0 Å². The first-order chi connectivity index (χ1) is 8.18. The third-order valence-corrected chi connectivity index (χ3v) is 3.27. The highest BCUT2D eigenvalue weighted by Crippen LogP contribution is 2.20. The molecule has 0 aromatic heterocycles. The molecular formula is C11H18N2O4. The molecule has 2 aliphatic heterocycles. The lowest BCUT2D eigenvalue weighted by atomic mass is 9.92. The van der Waals surface area contributed by atoms with Gasteiger partial charge in [0.2, 0.25) is 5.91 Å². The predicted molar refractivity (Wildman–Crippen MR) is 59.2 cm³/mol. The number of nitrogens with two attached hydrogens (primary N) is 1. The van der Waals surface area contributed by atoms with Crippen LogP contribution >= 0.6 is 0 Å². The second-order valence-electron chi connectivity index (χ2n) is 4.50.